The van der Waals surface area contributed by atoms with Gasteiger partial charge in [0.05, 0.1) is 5.69 Å². The molecule has 0 radical (unpaired) electrons. The molecular formula is C17H19N3. The molecule has 20 heavy (non-hydrogen) atoms. The molecule has 0 amide bonds. The molecule has 0 N–H and O–H groups in total. The summed E-state index contributed by atoms with van der Waals surface area (Å²) < 4.78 is 2.23. The Morgan fingerprint density at radius 2 is 1.95 bits per heavy atom. The highest BCUT2D eigenvalue weighted by Crippen LogP contribution is 2.28. The molecule has 3 rings (SSSR count). The Kier molecular flexibility index (Phi) is 3.31. The molecule has 0 saturated heterocycles. The molecule has 1 aromatic heterocycles. The Morgan fingerprint density at radius 1 is 1.20 bits per heavy atom. The third-order valence-electron chi connectivity index (χ3n) is 4.06. The fourth-order valence-corrected chi connectivity index (χ4v) is 2.87. The van der Waals surface area contributed by atoms with Crippen LogP contribution in [0.4, 0.5) is 0 Å². The van der Waals surface area contributed by atoms with Gasteiger partial charge in [-0.15, -0.1) is 0 Å². The second-order valence-corrected chi connectivity index (χ2v) is 5.73. The summed E-state index contributed by atoms with van der Waals surface area (Å²) in [5.74, 6) is 1.49. The van der Waals surface area contributed by atoms with Gasteiger partial charge in [0.25, 0.3) is 0 Å². The van der Waals surface area contributed by atoms with Gasteiger partial charge in [-0.1, -0.05) is 38.1 Å². The van der Waals surface area contributed by atoms with Crippen molar-refractivity contribution in [2.24, 2.45) is 0 Å². The van der Waals surface area contributed by atoms with Gasteiger partial charge in [-0.05, 0) is 30.7 Å². The van der Waals surface area contributed by atoms with E-state index in [1.807, 2.05) is 0 Å². The van der Waals surface area contributed by atoms with Crippen molar-refractivity contribution in [3.8, 4) is 17.5 Å². The van der Waals surface area contributed by atoms with Crippen LogP contribution in [0.25, 0.3) is 11.4 Å². The zero-order valence-electron chi connectivity index (χ0n) is 12.1. The molecule has 0 atom stereocenters. The molecule has 102 valence electrons. The van der Waals surface area contributed by atoms with Gasteiger partial charge in [0.1, 0.15) is 11.9 Å². The second-order valence-electron chi connectivity index (χ2n) is 5.73. The predicted molar refractivity (Wildman–Crippen MR) is 79.4 cm³/mol. The average Bonchev–Trinajstić information content (AvgIpc) is 2.86. The summed E-state index contributed by atoms with van der Waals surface area (Å²) in [6, 6.07) is 10.8. The third-order valence-corrected chi connectivity index (χ3v) is 4.06. The van der Waals surface area contributed by atoms with Gasteiger partial charge < -0.3 is 4.57 Å². The van der Waals surface area contributed by atoms with Crippen molar-refractivity contribution in [3.05, 3.63) is 41.2 Å². The average molecular weight is 265 g/mol. The molecule has 0 spiro atoms. The van der Waals surface area contributed by atoms with Crippen molar-refractivity contribution >= 4 is 0 Å². The van der Waals surface area contributed by atoms with Crippen molar-refractivity contribution in [2.45, 2.75) is 45.6 Å². The maximum absolute atomic E-state index is 9.24. The third kappa shape index (κ3) is 2.12. The van der Waals surface area contributed by atoms with Crippen molar-refractivity contribution in [1.82, 2.24) is 9.55 Å². The van der Waals surface area contributed by atoms with Crippen LogP contribution in [0.1, 0.15) is 49.6 Å². The zero-order chi connectivity index (χ0) is 14.1. The first kappa shape index (κ1) is 12.9. The Bertz CT molecular complexity index is 657. The lowest BCUT2D eigenvalue weighted by atomic mass is 10.0. The van der Waals surface area contributed by atoms with E-state index in [0.29, 0.717) is 11.6 Å². The van der Waals surface area contributed by atoms with E-state index >= 15 is 0 Å². The summed E-state index contributed by atoms with van der Waals surface area (Å²) in [5, 5.41) is 9.24. The number of rotatable bonds is 2. The first-order chi connectivity index (χ1) is 9.70. The highest BCUT2D eigenvalue weighted by atomic mass is 15.1. The second kappa shape index (κ2) is 5.13. The molecule has 0 fully saturated rings. The topological polar surface area (TPSA) is 41.6 Å². The normalized spacial score (nSPS) is 14.1. The van der Waals surface area contributed by atoms with Crippen LogP contribution in [-0.2, 0) is 13.0 Å². The van der Waals surface area contributed by atoms with E-state index in [1.165, 1.54) is 12.0 Å². The molecule has 0 bridgehead atoms. The monoisotopic (exact) mass is 265 g/mol. The lowest BCUT2D eigenvalue weighted by Gasteiger charge is -2.17. The Balaban J connectivity index is 2.06. The minimum atomic E-state index is 0.535. The predicted octanol–water partition coefficient (Wildman–Crippen LogP) is 3.88. The Hall–Kier alpha value is -2.08. The number of hydrogen-bond donors (Lipinski definition) is 0. The quantitative estimate of drug-likeness (QED) is 0.826. The van der Waals surface area contributed by atoms with Crippen molar-refractivity contribution in [3.63, 3.8) is 0 Å². The number of nitriles is 1. The van der Waals surface area contributed by atoms with E-state index in [-0.39, 0.29) is 0 Å². The highest BCUT2D eigenvalue weighted by Gasteiger charge is 2.20. The van der Waals surface area contributed by atoms with E-state index in [2.05, 4.69) is 53.7 Å². The molecule has 1 aliphatic heterocycles. The first-order valence-corrected chi connectivity index (χ1v) is 7.30. The van der Waals surface area contributed by atoms with E-state index in [0.717, 1.165) is 36.5 Å². The molecule has 3 heteroatoms. The summed E-state index contributed by atoms with van der Waals surface area (Å²) in [7, 11) is 0. The number of imidazole rings is 1. The van der Waals surface area contributed by atoms with Gasteiger partial charge in [0.2, 0.25) is 0 Å². The Morgan fingerprint density at radius 3 is 2.60 bits per heavy atom. The summed E-state index contributed by atoms with van der Waals surface area (Å²) in [6.45, 7) is 5.37. The fraction of sp³-hybridized carbons (Fsp3) is 0.412. The van der Waals surface area contributed by atoms with E-state index < -0.39 is 0 Å². The van der Waals surface area contributed by atoms with Crippen LogP contribution < -0.4 is 0 Å². The van der Waals surface area contributed by atoms with Gasteiger partial charge >= 0.3 is 0 Å². The van der Waals surface area contributed by atoms with Crippen LogP contribution in [0.3, 0.4) is 0 Å². The largest absolute Gasteiger partial charge is 0.327 e. The zero-order valence-corrected chi connectivity index (χ0v) is 12.1. The molecule has 0 aliphatic carbocycles. The van der Waals surface area contributed by atoms with Gasteiger partial charge in [-0.25, -0.2) is 4.98 Å². The lowest BCUT2D eigenvalue weighted by molar-refractivity contribution is 0.535. The smallest absolute Gasteiger partial charge is 0.162 e. The van der Waals surface area contributed by atoms with Crippen LogP contribution in [0, 0.1) is 11.3 Å². The van der Waals surface area contributed by atoms with Crippen LogP contribution in [0.15, 0.2) is 24.3 Å². The van der Waals surface area contributed by atoms with Crippen molar-refractivity contribution in [2.75, 3.05) is 0 Å². The maximum Gasteiger partial charge on any atom is 0.162 e. The summed E-state index contributed by atoms with van der Waals surface area (Å²) in [5.41, 5.74) is 4.16. The lowest BCUT2D eigenvalue weighted by Crippen LogP contribution is -2.11. The van der Waals surface area contributed by atoms with Gasteiger partial charge in [-0.3, -0.25) is 0 Å². The van der Waals surface area contributed by atoms with Crippen LogP contribution >= 0.6 is 0 Å². The van der Waals surface area contributed by atoms with Crippen LogP contribution in [-0.4, -0.2) is 9.55 Å². The number of fused-ring (bicyclic) bond motifs is 1. The highest BCUT2D eigenvalue weighted by molar-refractivity contribution is 5.59. The molecule has 2 heterocycles. The minimum Gasteiger partial charge on any atom is -0.327 e. The fourth-order valence-electron chi connectivity index (χ4n) is 2.87. The standard InChI is InChI=1S/C17H19N3/c1-12(2)13-6-8-14(9-7-13)17-19-15(11-18)16-5-3-4-10-20(16)17/h6-9,12H,3-5,10H2,1-2H3. The summed E-state index contributed by atoms with van der Waals surface area (Å²) in [4.78, 5) is 4.56. The molecule has 0 saturated carbocycles. The van der Waals surface area contributed by atoms with Gasteiger partial charge in [0, 0.05) is 12.1 Å². The van der Waals surface area contributed by atoms with Crippen molar-refractivity contribution in [1.29, 1.82) is 5.26 Å². The number of nitrogens with zero attached hydrogens (tertiary/aromatic N) is 3. The van der Waals surface area contributed by atoms with E-state index in [1.54, 1.807) is 0 Å². The summed E-state index contributed by atoms with van der Waals surface area (Å²) >= 11 is 0. The molecule has 1 aliphatic rings. The van der Waals surface area contributed by atoms with Crippen LogP contribution in [0.5, 0.6) is 0 Å². The van der Waals surface area contributed by atoms with Gasteiger partial charge in [0.15, 0.2) is 5.69 Å². The van der Waals surface area contributed by atoms with E-state index in [9.17, 15) is 5.26 Å². The van der Waals surface area contributed by atoms with Crippen molar-refractivity contribution < 1.29 is 0 Å². The minimum absolute atomic E-state index is 0.535. The molecule has 2 aromatic rings. The molecular weight excluding hydrogens is 246 g/mol. The number of hydrogen-bond acceptors (Lipinski definition) is 2. The molecule has 0 unspecified atom stereocenters. The van der Waals surface area contributed by atoms with Crippen LogP contribution in [0.2, 0.25) is 0 Å². The van der Waals surface area contributed by atoms with Gasteiger partial charge in [-0.2, -0.15) is 5.26 Å². The molecule has 3 nitrogen and oxygen atoms in total. The SMILES string of the molecule is CC(C)c1ccc(-c2nc(C#N)c3n2CCCC3)cc1. The molecule has 1 aromatic carbocycles. The Labute approximate surface area is 119 Å². The number of aromatic nitrogens is 2. The number of benzene rings is 1. The maximum atomic E-state index is 9.24. The summed E-state index contributed by atoms with van der Waals surface area (Å²) in [6.07, 6.45) is 3.30. The first-order valence-electron chi connectivity index (χ1n) is 7.30. The van der Waals surface area contributed by atoms with E-state index in [4.69, 9.17) is 0 Å².